The van der Waals surface area contributed by atoms with Gasteiger partial charge in [0, 0.05) is 41.0 Å². The van der Waals surface area contributed by atoms with Gasteiger partial charge in [0.05, 0.1) is 5.39 Å². The number of rotatable bonds is 6. The number of pyridine rings is 1. The molecule has 3 heterocycles. The van der Waals surface area contributed by atoms with Crippen LogP contribution in [0.4, 0.5) is 4.79 Å². The van der Waals surface area contributed by atoms with Crippen LogP contribution in [0, 0.1) is 0 Å². The van der Waals surface area contributed by atoms with Gasteiger partial charge in [-0.3, -0.25) is 14.7 Å². The zero-order chi connectivity index (χ0) is 26.0. The number of fused-ring (bicyclic) bond motifs is 1. The highest BCUT2D eigenvalue weighted by Crippen LogP contribution is 2.43. The molecule has 2 atom stereocenters. The number of carbonyl (C=O) groups is 2. The molecule has 1 aliphatic heterocycles. The summed E-state index contributed by atoms with van der Waals surface area (Å²) in [5.41, 5.74) is 2.47. The SMILES string of the molecule is CC(C)(C)OC(=O)N1C(c2cccnc2)SC[C@H]1C(=O)c1c[nH]c2cccc(OCc3ccccc3)c12. The molecular weight excluding hydrogens is 486 g/mol. The summed E-state index contributed by atoms with van der Waals surface area (Å²) in [6.07, 6.45) is 4.60. The second kappa shape index (κ2) is 10.3. The molecule has 1 aliphatic rings. The number of ether oxygens (including phenoxy) is 2. The number of nitrogens with one attached hydrogen (secondary N) is 1. The van der Waals surface area contributed by atoms with E-state index in [0.29, 0.717) is 29.1 Å². The zero-order valence-electron chi connectivity index (χ0n) is 21.0. The lowest BCUT2D eigenvalue weighted by molar-refractivity contribution is 0.0173. The minimum Gasteiger partial charge on any atom is -0.488 e. The van der Waals surface area contributed by atoms with Gasteiger partial charge in [0.2, 0.25) is 0 Å². The van der Waals surface area contributed by atoms with Crippen molar-refractivity contribution < 1.29 is 19.1 Å². The number of benzene rings is 2. The maximum absolute atomic E-state index is 14.1. The summed E-state index contributed by atoms with van der Waals surface area (Å²) in [4.78, 5) is 36.4. The first-order valence-corrected chi connectivity index (χ1v) is 13.2. The van der Waals surface area contributed by atoms with Crippen LogP contribution in [0.15, 0.2) is 79.3 Å². The molecular formula is C29H29N3O4S. The number of Topliss-reactive ketones (excluding diaryl/α,β-unsaturated/α-hetero) is 1. The van der Waals surface area contributed by atoms with Crippen LogP contribution >= 0.6 is 11.8 Å². The van der Waals surface area contributed by atoms with Crippen molar-refractivity contribution in [3.8, 4) is 5.75 Å². The summed E-state index contributed by atoms with van der Waals surface area (Å²) in [5.74, 6) is 0.896. The smallest absolute Gasteiger partial charge is 0.412 e. The van der Waals surface area contributed by atoms with Crippen molar-refractivity contribution in [1.29, 1.82) is 0 Å². The number of hydrogen-bond donors (Lipinski definition) is 1. The lowest BCUT2D eigenvalue weighted by Crippen LogP contribution is -2.45. The molecule has 0 spiro atoms. The summed E-state index contributed by atoms with van der Waals surface area (Å²) in [6, 6.07) is 18.6. The predicted molar refractivity (Wildman–Crippen MR) is 145 cm³/mol. The van der Waals surface area contributed by atoms with E-state index < -0.39 is 17.7 Å². The van der Waals surface area contributed by atoms with E-state index in [2.05, 4.69) is 9.97 Å². The van der Waals surface area contributed by atoms with Crippen molar-refractivity contribution in [3.05, 3.63) is 95.9 Å². The molecule has 1 N–H and O–H groups in total. The standard InChI is InChI=1S/C29H29N3O4S/c1-29(2,3)36-28(34)32-23(18-37-27(32)20-11-8-14-30-15-20)26(33)21-16-31-22-12-7-13-24(25(21)22)35-17-19-9-5-4-6-10-19/h4-16,23,27,31H,17-18H2,1-3H3/t23-,27?/m0/s1. The van der Waals surface area contributed by atoms with E-state index >= 15 is 0 Å². The van der Waals surface area contributed by atoms with Gasteiger partial charge < -0.3 is 14.5 Å². The summed E-state index contributed by atoms with van der Waals surface area (Å²) < 4.78 is 11.9. The first-order valence-electron chi connectivity index (χ1n) is 12.2. The molecule has 4 aromatic rings. The van der Waals surface area contributed by atoms with Crippen LogP contribution in [0.3, 0.4) is 0 Å². The maximum atomic E-state index is 14.1. The first kappa shape index (κ1) is 24.9. The van der Waals surface area contributed by atoms with E-state index in [1.54, 1.807) is 23.5 Å². The Bertz CT molecular complexity index is 1400. The fourth-order valence-corrected chi connectivity index (χ4v) is 5.81. The first-order chi connectivity index (χ1) is 17.8. The predicted octanol–water partition coefficient (Wildman–Crippen LogP) is 6.38. The molecule has 37 heavy (non-hydrogen) atoms. The molecule has 0 radical (unpaired) electrons. The summed E-state index contributed by atoms with van der Waals surface area (Å²) >= 11 is 1.53. The zero-order valence-corrected chi connectivity index (χ0v) is 21.8. The van der Waals surface area contributed by atoms with Crippen LogP contribution in [0.1, 0.15) is 47.6 Å². The Balaban J connectivity index is 1.48. The Morgan fingerprint density at radius 3 is 2.62 bits per heavy atom. The number of carbonyl (C=O) groups excluding carboxylic acids is 2. The fraction of sp³-hybridized carbons (Fsp3) is 0.276. The van der Waals surface area contributed by atoms with Gasteiger partial charge in [-0.15, -0.1) is 11.8 Å². The van der Waals surface area contributed by atoms with Crippen LogP contribution in [-0.4, -0.2) is 44.1 Å². The Hall–Kier alpha value is -3.78. The van der Waals surface area contributed by atoms with Crippen molar-refractivity contribution in [1.82, 2.24) is 14.9 Å². The summed E-state index contributed by atoms with van der Waals surface area (Å²) in [5, 5.41) is 0.332. The number of nitrogens with zero attached hydrogens (tertiary/aromatic N) is 2. The third kappa shape index (κ3) is 5.34. The Kier molecular flexibility index (Phi) is 6.93. The lowest BCUT2D eigenvalue weighted by Gasteiger charge is -2.31. The Morgan fingerprint density at radius 2 is 1.89 bits per heavy atom. The number of H-pyrrole nitrogens is 1. The molecule has 1 amide bonds. The van der Waals surface area contributed by atoms with Gasteiger partial charge in [0.15, 0.2) is 5.78 Å². The summed E-state index contributed by atoms with van der Waals surface area (Å²) in [6.45, 7) is 5.84. The van der Waals surface area contributed by atoms with E-state index in [-0.39, 0.29) is 11.2 Å². The van der Waals surface area contributed by atoms with Gasteiger partial charge in [0.1, 0.15) is 29.4 Å². The van der Waals surface area contributed by atoms with Gasteiger partial charge in [0.25, 0.3) is 0 Å². The van der Waals surface area contributed by atoms with Crippen molar-refractivity contribution >= 4 is 34.5 Å². The molecule has 0 saturated carbocycles. The van der Waals surface area contributed by atoms with E-state index in [1.807, 2.05) is 81.4 Å². The molecule has 0 bridgehead atoms. The molecule has 8 heteroatoms. The molecule has 0 aliphatic carbocycles. The molecule has 1 saturated heterocycles. The molecule has 2 aromatic carbocycles. The molecule has 190 valence electrons. The largest absolute Gasteiger partial charge is 0.488 e. The highest BCUT2D eigenvalue weighted by Gasteiger charge is 2.45. The van der Waals surface area contributed by atoms with E-state index in [9.17, 15) is 9.59 Å². The Labute approximate surface area is 220 Å². The van der Waals surface area contributed by atoms with Crippen LogP contribution in [0.5, 0.6) is 5.75 Å². The lowest BCUT2D eigenvalue weighted by atomic mass is 10.0. The second-order valence-corrected chi connectivity index (χ2v) is 11.0. The number of thioether (sulfide) groups is 1. The molecule has 5 rings (SSSR count). The fourth-order valence-electron chi connectivity index (χ4n) is 4.41. The quantitative estimate of drug-likeness (QED) is 0.300. The average molecular weight is 516 g/mol. The normalized spacial score (nSPS) is 17.6. The van der Waals surface area contributed by atoms with Gasteiger partial charge in [-0.25, -0.2) is 4.79 Å². The van der Waals surface area contributed by atoms with Crippen molar-refractivity contribution in [2.24, 2.45) is 0 Å². The van der Waals surface area contributed by atoms with Gasteiger partial charge in [-0.1, -0.05) is 42.5 Å². The topological polar surface area (TPSA) is 84.5 Å². The summed E-state index contributed by atoms with van der Waals surface area (Å²) in [7, 11) is 0. The van der Waals surface area contributed by atoms with E-state index in [1.165, 1.54) is 11.8 Å². The molecule has 7 nitrogen and oxygen atoms in total. The molecule has 1 fully saturated rings. The average Bonchev–Trinajstić information content (AvgIpc) is 3.53. The van der Waals surface area contributed by atoms with E-state index in [4.69, 9.17) is 9.47 Å². The Morgan fingerprint density at radius 1 is 1.08 bits per heavy atom. The number of ketones is 1. The highest BCUT2D eigenvalue weighted by molar-refractivity contribution is 7.99. The number of aromatic amines is 1. The third-order valence-corrected chi connectivity index (χ3v) is 7.37. The number of hydrogen-bond acceptors (Lipinski definition) is 6. The van der Waals surface area contributed by atoms with Gasteiger partial charge >= 0.3 is 6.09 Å². The number of amides is 1. The number of aromatic nitrogens is 2. The van der Waals surface area contributed by atoms with E-state index in [0.717, 1.165) is 16.6 Å². The second-order valence-electron chi connectivity index (χ2n) is 9.90. The van der Waals surface area contributed by atoms with Crippen molar-refractivity contribution in [3.63, 3.8) is 0 Å². The van der Waals surface area contributed by atoms with Crippen molar-refractivity contribution in [2.45, 2.75) is 44.4 Å². The molecule has 2 aromatic heterocycles. The van der Waals surface area contributed by atoms with Crippen LogP contribution in [0.2, 0.25) is 0 Å². The minimum atomic E-state index is -0.703. The van der Waals surface area contributed by atoms with Crippen LogP contribution < -0.4 is 4.74 Å². The highest BCUT2D eigenvalue weighted by atomic mass is 32.2. The third-order valence-electron chi connectivity index (χ3n) is 6.05. The molecule has 1 unspecified atom stereocenters. The van der Waals surface area contributed by atoms with Crippen LogP contribution in [-0.2, 0) is 11.3 Å². The minimum absolute atomic E-state index is 0.160. The van der Waals surface area contributed by atoms with Gasteiger partial charge in [-0.2, -0.15) is 0 Å². The monoisotopic (exact) mass is 515 g/mol. The van der Waals surface area contributed by atoms with Crippen LogP contribution in [0.25, 0.3) is 10.9 Å². The van der Waals surface area contributed by atoms with Crippen molar-refractivity contribution in [2.75, 3.05) is 5.75 Å². The maximum Gasteiger partial charge on any atom is 0.412 e. The van der Waals surface area contributed by atoms with Gasteiger partial charge in [-0.05, 0) is 44.5 Å².